The van der Waals surface area contributed by atoms with E-state index in [-0.39, 0.29) is 17.2 Å². The molecule has 24 heavy (non-hydrogen) atoms. The van der Waals surface area contributed by atoms with Gasteiger partial charge in [-0.1, -0.05) is 30.3 Å². The summed E-state index contributed by atoms with van der Waals surface area (Å²) in [5.41, 5.74) is 6.76. The minimum Gasteiger partial charge on any atom is -0.369 e. The van der Waals surface area contributed by atoms with Crippen molar-refractivity contribution in [2.45, 2.75) is 31.1 Å². The van der Waals surface area contributed by atoms with Gasteiger partial charge >= 0.3 is 0 Å². The summed E-state index contributed by atoms with van der Waals surface area (Å²) in [6, 6.07) is 10.6. The van der Waals surface area contributed by atoms with Crippen molar-refractivity contribution in [2.75, 3.05) is 18.0 Å². The normalized spacial score (nSPS) is 20.1. The van der Waals surface area contributed by atoms with Gasteiger partial charge in [0.05, 0.1) is 5.41 Å². The fourth-order valence-corrected chi connectivity index (χ4v) is 3.90. The third-order valence-corrected chi connectivity index (χ3v) is 5.54. The van der Waals surface area contributed by atoms with Crippen LogP contribution in [0.25, 0.3) is 0 Å². The Hall–Kier alpha value is -2.37. The average molecular weight is 325 g/mol. The van der Waals surface area contributed by atoms with Gasteiger partial charge in [-0.15, -0.1) is 10.2 Å². The molecule has 0 bridgehead atoms. The number of piperidine rings is 1. The number of nitrogens with zero attached hydrogens (tertiary/aromatic N) is 4. The maximum absolute atomic E-state index is 11.3. The van der Waals surface area contributed by atoms with E-state index in [1.165, 1.54) is 5.56 Å². The second-order valence-corrected chi connectivity index (χ2v) is 6.99. The second kappa shape index (κ2) is 5.61. The molecule has 1 aromatic carbocycles. The maximum atomic E-state index is 11.3. The lowest BCUT2D eigenvalue weighted by Crippen LogP contribution is -2.39. The van der Waals surface area contributed by atoms with Crippen molar-refractivity contribution in [1.82, 2.24) is 14.8 Å². The topological polar surface area (TPSA) is 77.0 Å². The van der Waals surface area contributed by atoms with Crippen LogP contribution in [0.4, 0.5) is 5.95 Å². The number of primary amides is 1. The minimum absolute atomic E-state index is 0.00644. The smallest absolute Gasteiger partial charge is 0.226 e. The number of carbonyl (C=O) groups is 1. The molecular formula is C18H23N5O. The largest absolute Gasteiger partial charge is 0.369 e. The molecule has 4 rings (SSSR count). The molecular weight excluding hydrogens is 302 g/mol. The third-order valence-electron chi connectivity index (χ3n) is 5.54. The molecule has 1 saturated heterocycles. The van der Waals surface area contributed by atoms with E-state index < -0.39 is 0 Å². The lowest BCUT2D eigenvalue weighted by molar-refractivity contribution is -0.122. The number of anilines is 1. The summed E-state index contributed by atoms with van der Waals surface area (Å²) >= 11 is 0. The molecule has 2 fully saturated rings. The first-order valence-electron chi connectivity index (χ1n) is 8.61. The van der Waals surface area contributed by atoms with Crippen molar-refractivity contribution in [1.29, 1.82) is 0 Å². The van der Waals surface area contributed by atoms with Crippen molar-refractivity contribution in [3.63, 3.8) is 0 Å². The Morgan fingerprint density at radius 3 is 2.42 bits per heavy atom. The van der Waals surface area contributed by atoms with Gasteiger partial charge in [0.1, 0.15) is 5.82 Å². The summed E-state index contributed by atoms with van der Waals surface area (Å²) in [7, 11) is 2.05. The molecule has 0 radical (unpaired) electrons. The zero-order chi connectivity index (χ0) is 16.7. The van der Waals surface area contributed by atoms with Gasteiger partial charge in [0.2, 0.25) is 11.9 Å². The van der Waals surface area contributed by atoms with Crippen LogP contribution in [0.15, 0.2) is 30.3 Å². The Kier molecular flexibility index (Phi) is 3.55. The highest BCUT2D eigenvalue weighted by Gasteiger charge is 2.50. The van der Waals surface area contributed by atoms with Crippen LogP contribution in [0.2, 0.25) is 0 Å². The highest BCUT2D eigenvalue weighted by atomic mass is 16.1. The summed E-state index contributed by atoms with van der Waals surface area (Å²) in [4.78, 5) is 13.6. The van der Waals surface area contributed by atoms with E-state index in [1.54, 1.807) is 0 Å². The van der Waals surface area contributed by atoms with Crippen molar-refractivity contribution in [3.8, 4) is 0 Å². The fourth-order valence-electron chi connectivity index (χ4n) is 3.90. The number of nitrogens with two attached hydrogens (primary N) is 1. The van der Waals surface area contributed by atoms with E-state index >= 15 is 0 Å². The molecule has 0 unspecified atom stereocenters. The van der Waals surface area contributed by atoms with Gasteiger partial charge in [0.25, 0.3) is 0 Å². The molecule has 2 N–H and O–H groups in total. The second-order valence-electron chi connectivity index (χ2n) is 6.99. The van der Waals surface area contributed by atoms with Crippen LogP contribution in [0.3, 0.4) is 0 Å². The highest BCUT2D eigenvalue weighted by molar-refractivity contribution is 5.76. The number of rotatable bonds is 4. The number of hydrogen-bond donors (Lipinski definition) is 1. The molecule has 2 aromatic rings. The number of carbonyl (C=O) groups excluding carboxylic acids is 1. The fraction of sp³-hybridized carbons (Fsp3) is 0.500. The number of benzene rings is 1. The Labute approximate surface area is 141 Å². The monoisotopic (exact) mass is 325 g/mol. The van der Waals surface area contributed by atoms with Crippen LogP contribution in [0.5, 0.6) is 0 Å². The van der Waals surface area contributed by atoms with Gasteiger partial charge in [-0.05, 0) is 31.2 Å². The van der Waals surface area contributed by atoms with E-state index in [2.05, 4.69) is 43.9 Å². The van der Waals surface area contributed by atoms with Gasteiger partial charge in [-0.3, -0.25) is 9.36 Å². The van der Waals surface area contributed by atoms with E-state index in [4.69, 9.17) is 5.73 Å². The number of amides is 1. The van der Waals surface area contributed by atoms with Crippen LogP contribution in [-0.2, 0) is 17.3 Å². The van der Waals surface area contributed by atoms with Crippen LogP contribution in [0.1, 0.15) is 37.1 Å². The molecule has 126 valence electrons. The van der Waals surface area contributed by atoms with E-state index in [0.717, 1.165) is 50.5 Å². The molecule has 1 saturated carbocycles. The van der Waals surface area contributed by atoms with Gasteiger partial charge < -0.3 is 10.6 Å². The first-order chi connectivity index (χ1) is 11.6. The van der Waals surface area contributed by atoms with Gasteiger partial charge in [0, 0.05) is 26.1 Å². The summed E-state index contributed by atoms with van der Waals surface area (Å²) in [6.45, 7) is 1.61. The van der Waals surface area contributed by atoms with Gasteiger partial charge in [-0.25, -0.2) is 0 Å². The molecule has 1 aliphatic heterocycles. The molecule has 0 atom stereocenters. The first-order valence-corrected chi connectivity index (χ1v) is 8.61. The number of aromatic nitrogens is 3. The summed E-state index contributed by atoms with van der Waals surface area (Å²) in [5, 5.41) is 9.00. The summed E-state index contributed by atoms with van der Waals surface area (Å²) in [5.74, 6) is 1.75. The predicted molar refractivity (Wildman–Crippen MR) is 91.6 cm³/mol. The number of hydrogen-bond acceptors (Lipinski definition) is 4. The van der Waals surface area contributed by atoms with Crippen molar-refractivity contribution < 1.29 is 4.79 Å². The SMILES string of the molecule is Cn1c(N2CCC(C(N)=O)CC2)nnc1C1(c2ccccc2)CC1. The predicted octanol–water partition coefficient (Wildman–Crippen LogP) is 1.60. The Bertz CT molecular complexity index is 742. The molecule has 1 amide bonds. The van der Waals surface area contributed by atoms with E-state index in [9.17, 15) is 4.79 Å². The molecule has 0 spiro atoms. The minimum atomic E-state index is -0.186. The summed E-state index contributed by atoms with van der Waals surface area (Å²) < 4.78 is 2.13. The van der Waals surface area contributed by atoms with Gasteiger partial charge in [-0.2, -0.15) is 0 Å². The van der Waals surface area contributed by atoms with E-state index in [0.29, 0.717) is 0 Å². The molecule has 1 aromatic heterocycles. The standard InChI is InChI=1S/C18H23N5O/c1-22-16(18(9-10-18)14-5-3-2-4-6-14)20-21-17(22)23-11-7-13(8-12-23)15(19)24/h2-6,13H,7-12H2,1H3,(H2,19,24). The van der Waals surface area contributed by atoms with Crippen LogP contribution in [-0.4, -0.2) is 33.8 Å². The first kappa shape index (κ1) is 15.2. The van der Waals surface area contributed by atoms with Gasteiger partial charge in [0.15, 0.2) is 0 Å². The van der Waals surface area contributed by atoms with Crippen molar-refractivity contribution >= 4 is 11.9 Å². The zero-order valence-electron chi connectivity index (χ0n) is 14.0. The van der Waals surface area contributed by atoms with Crippen molar-refractivity contribution in [2.24, 2.45) is 18.7 Å². The Balaban J connectivity index is 1.58. The molecule has 6 nitrogen and oxygen atoms in total. The van der Waals surface area contributed by atoms with E-state index in [1.807, 2.05) is 13.1 Å². The summed E-state index contributed by atoms with van der Waals surface area (Å²) in [6.07, 6.45) is 3.82. The van der Waals surface area contributed by atoms with Crippen LogP contribution in [0, 0.1) is 5.92 Å². The molecule has 2 heterocycles. The molecule has 2 aliphatic rings. The lowest BCUT2D eigenvalue weighted by atomic mass is 9.95. The van der Waals surface area contributed by atoms with Crippen molar-refractivity contribution in [3.05, 3.63) is 41.7 Å². The lowest BCUT2D eigenvalue weighted by Gasteiger charge is -2.31. The average Bonchev–Trinajstić information content (AvgIpc) is 3.33. The van der Waals surface area contributed by atoms with Crippen LogP contribution >= 0.6 is 0 Å². The Morgan fingerprint density at radius 1 is 1.17 bits per heavy atom. The maximum Gasteiger partial charge on any atom is 0.226 e. The quantitative estimate of drug-likeness (QED) is 0.926. The highest BCUT2D eigenvalue weighted by Crippen LogP contribution is 2.52. The Morgan fingerprint density at radius 2 is 1.83 bits per heavy atom. The molecule has 6 heteroatoms. The third kappa shape index (κ3) is 2.37. The molecule has 1 aliphatic carbocycles. The van der Waals surface area contributed by atoms with Crippen LogP contribution < -0.4 is 10.6 Å². The zero-order valence-corrected chi connectivity index (χ0v) is 14.0.